The minimum Gasteiger partial charge on any atom is -0.383 e. The summed E-state index contributed by atoms with van der Waals surface area (Å²) < 4.78 is 4.61. The second-order valence-electron chi connectivity index (χ2n) is 2.62. The van der Waals surface area contributed by atoms with E-state index in [1.54, 1.807) is 12.1 Å². The van der Waals surface area contributed by atoms with Gasteiger partial charge in [0.1, 0.15) is 5.52 Å². The molecule has 0 saturated carbocycles. The van der Waals surface area contributed by atoms with E-state index in [2.05, 4.69) is 20.3 Å². The number of hydrogen-bond donors (Lipinski definition) is 1. The summed E-state index contributed by atoms with van der Waals surface area (Å²) in [4.78, 5) is 0. The summed E-state index contributed by atoms with van der Waals surface area (Å²) in [5.41, 5.74) is 2.24. The molecule has 13 heavy (non-hydrogen) atoms. The summed E-state index contributed by atoms with van der Waals surface area (Å²) in [6.45, 7) is 2.81. The van der Waals surface area contributed by atoms with Gasteiger partial charge in [0.25, 0.3) is 0 Å². The highest BCUT2D eigenvalue weighted by molar-refractivity contribution is 6.31. The maximum Gasteiger partial charge on any atom is 0.158 e. The third kappa shape index (κ3) is 1.45. The van der Waals surface area contributed by atoms with Gasteiger partial charge >= 0.3 is 0 Å². The molecule has 0 amide bonds. The molecule has 1 heterocycles. The van der Waals surface area contributed by atoms with E-state index in [1.165, 1.54) is 0 Å². The molecular formula is C8H8ClN3O. The van der Waals surface area contributed by atoms with E-state index in [9.17, 15) is 0 Å². The monoisotopic (exact) mass is 197 g/mol. The highest BCUT2D eigenvalue weighted by Crippen LogP contribution is 2.24. The van der Waals surface area contributed by atoms with E-state index >= 15 is 0 Å². The molecule has 0 saturated heterocycles. The van der Waals surface area contributed by atoms with Crippen LogP contribution in [0, 0.1) is 0 Å². The molecule has 0 fully saturated rings. The number of benzene rings is 1. The third-order valence-electron chi connectivity index (χ3n) is 1.69. The van der Waals surface area contributed by atoms with E-state index in [0.717, 1.165) is 12.2 Å². The van der Waals surface area contributed by atoms with E-state index in [4.69, 9.17) is 11.6 Å². The lowest BCUT2D eigenvalue weighted by atomic mass is 10.2. The Balaban J connectivity index is 2.63. The van der Waals surface area contributed by atoms with Crippen LogP contribution in [-0.4, -0.2) is 16.9 Å². The SMILES string of the molecule is CCNc1cc(Cl)cc2nonc12. The zero-order chi connectivity index (χ0) is 9.26. The van der Waals surface area contributed by atoms with Crippen molar-refractivity contribution in [3.05, 3.63) is 17.2 Å². The molecule has 2 aromatic rings. The van der Waals surface area contributed by atoms with E-state index in [0.29, 0.717) is 16.1 Å². The summed E-state index contributed by atoms with van der Waals surface area (Å²) in [5, 5.41) is 11.2. The fraction of sp³-hybridized carbons (Fsp3) is 0.250. The Hall–Kier alpha value is -1.29. The maximum absolute atomic E-state index is 5.87. The van der Waals surface area contributed by atoms with Crippen molar-refractivity contribution in [2.75, 3.05) is 11.9 Å². The molecule has 0 aliphatic rings. The summed E-state index contributed by atoms with van der Waals surface area (Å²) in [7, 11) is 0. The standard InChI is InChI=1S/C8H8ClN3O/c1-2-10-6-3-5(9)4-7-8(6)12-13-11-7/h3-4,10H,2H2,1H3. The second kappa shape index (κ2) is 3.22. The molecule has 68 valence electrons. The molecular weight excluding hydrogens is 190 g/mol. The lowest BCUT2D eigenvalue weighted by Gasteiger charge is -2.02. The Morgan fingerprint density at radius 3 is 3.08 bits per heavy atom. The second-order valence-corrected chi connectivity index (χ2v) is 3.05. The van der Waals surface area contributed by atoms with Crippen LogP contribution >= 0.6 is 11.6 Å². The van der Waals surface area contributed by atoms with Crippen LogP contribution in [-0.2, 0) is 0 Å². The van der Waals surface area contributed by atoms with Crippen LogP contribution in [0.5, 0.6) is 0 Å². The van der Waals surface area contributed by atoms with Crippen molar-refractivity contribution in [2.24, 2.45) is 0 Å². The summed E-state index contributed by atoms with van der Waals surface area (Å²) in [6, 6.07) is 3.52. The first kappa shape index (κ1) is 8.31. The minimum atomic E-state index is 0.624. The van der Waals surface area contributed by atoms with Gasteiger partial charge in [-0.25, -0.2) is 4.63 Å². The first-order chi connectivity index (χ1) is 6.31. The largest absolute Gasteiger partial charge is 0.383 e. The molecule has 1 N–H and O–H groups in total. The van der Waals surface area contributed by atoms with Crippen molar-refractivity contribution in [2.45, 2.75) is 6.92 Å². The fourth-order valence-corrected chi connectivity index (χ4v) is 1.39. The Bertz CT molecular complexity index is 426. The van der Waals surface area contributed by atoms with Gasteiger partial charge in [-0.3, -0.25) is 0 Å². The Morgan fingerprint density at radius 1 is 1.46 bits per heavy atom. The van der Waals surface area contributed by atoms with Crippen LogP contribution in [0.25, 0.3) is 11.0 Å². The zero-order valence-corrected chi connectivity index (χ0v) is 7.80. The number of hydrogen-bond acceptors (Lipinski definition) is 4. The highest BCUT2D eigenvalue weighted by atomic mass is 35.5. The molecule has 2 rings (SSSR count). The first-order valence-corrected chi connectivity index (χ1v) is 4.34. The molecule has 0 unspecified atom stereocenters. The summed E-state index contributed by atoms with van der Waals surface area (Å²) >= 11 is 5.87. The number of fused-ring (bicyclic) bond motifs is 1. The predicted molar refractivity (Wildman–Crippen MR) is 51.0 cm³/mol. The summed E-state index contributed by atoms with van der Waals surface area (Å²) in [5.74, 6) is 0. The van der Waals surface area contributed by atoms with Gasteiger partial charge in [-0.1, -0.05) is 11.6 Å². The average molecular weight is 198 g/mol. The third-order valence-corrected chi connectivity index (χ3v) is 1.91. The van der Waals surface area contributed by atoms with Crippen LogP contribution in [0.2, 0.25) is 5.02 Å². The molecule has 0 bridgehead atoms. The number of nitrogens with one attached hydrogen (secondary N) is 1. The van der Waals surface area contributed by atoms with Gasteiger partial charge in [0.2, 0.25) is 0 Å². The van der Waals surface area contributed by atoms with Gasteiger partial charge in [0.05, 0.1) is 5.69 Å². The highest BCUT2D eigenvalue weighted by Gasteiger charge is 2.07. The first-order valence-electron chi connectivity index (χ1n) is 3.97. The normalized spacial score (nSPS) is 10.6. The molecule has 5 heteroatoms. The van der Waals surface area contributed by atoms with Gasteiger partial charge in [0.15, 0.2) is 5.52 Å². The van der Waals surface area contributed by atoms with Gasteiger partial charge in [-0.05, 0) is 29.4 Å². The molecule has 1 aromatic heterocycles. The Morgan fingerprint density at radius 2 is 2.31 bits per heavy atom. The van der Waals surface area contributed by atoms with E-state index < -0.39 is 0 Å². The molecule has 0 aliphatic heterocycles. The fourth-order valence-electron chi connectivity index (χ4n) is 1.18. The van der Waals surface area contributed by atoms with Gasteiger partial charge < -0.3 is 5.32 Å². The van der Waals surface area contributed by atoms with Crippen LogP contribution in [0.1, 0.15) is 6.92 Å². The van der Waals surface area contributed by atoms with Crippen LogP contribution in [0.3, 0.4) is 0 Å². The molecule has 0 spiro atoms. The van der Waals surface area contributed by atoms with Gasteiger partial charge in [-0.15, -0.1) is 0 Å². The zero-order valence-electron chi connectivity index (χ0n) is 7.04. The summed E-state index contributed by atoms with van der Waals surface area (Å²) in [6.07, 6.45) is 0. The van der Waals surface area contributed by atoms with Crippen molar-refractivity contribution < 1.29 is 4.63 Å². The molecule has 4 nitrogen and oxygen atoms in total. The van der Waals surface area contributed by atoms with Gasteiger partial charge in [-0.2, -0.15) is 0 Å². The topological polar surface area (TPSA) is 51.0 Å². The molecule has 1 aromatic carbocycles. The number of nitrogens with zero attached hydrogens (tertiary/aromatic N) is 2. The number of anilines is 1. The van der Waals surface area contributed by atoms with E-state index in [-0.39, 0.29) is 0 Å². The van der Waals surface area contributed by atoms with Crippen molar-refractivity contribution in [3.8, 4) is 0 Å². The van der Waals surface area contributed by atoms with Crippen molar-refractivity contribution in [3.63, 3.8) is 0 Å². The smallest absolute Gasteiger partial charge is 0.158 e. The quantitative estimate of drug-likeness (QED) is 0.803. The molecule has 0 aliphatic carbocycles. The lowest BCUT2D eigenvalue weighted by Crippen LogP contribution is -1.96. The Kier molecular flexibility index (Phi) is 2.06. The molecule has 0 radical (unpaired) electrons. The Labute approximate surface area is 79.8 Å². The van der Waals surface area contributed by atoms with Crippen LogP contribution in [0.15, 0.2) is 16.8 Å². The van der Waals surface area contributed by atoms with Crippen molar-refractivity contribution in [1.29, 1.82) is 0 Å². The van der Waals surface area contributed by atoms with Crippen molar-refractivity contribution in [1.82, 2.24) is 10.3 Å². The number of aromatic nitrogens is 2. The number of rotatable bonds is 2. The number of halogens is 1. The average Bonchev–Trinajstić information content (AvgIpc) is 2.52. The lowest BCUT2D eigenvalue weighted by molar-refractivity contribution is 0.315. The molecule has 0 atom stereocenters. The predicted octanol–water partition coefficient (Wildman–Crippen LogP) is 2.31. The van der Waals surface area contributed by atoms with Crippen molar-refractivity contribution >= 4 is 28.3 Å². The maximum atomic E-state index is 5.87. The van der Waals surface area contributed by atoms with Crippen LogP contribution in [0.4, 0.5) is 5.69 Å². The van der Waals surface area contributed by atoms with Crippen LogP contribution < -0.4 is 5.32 Å². The minimum absolute atomic E-state index is 0.624. The van der Waals surface area contributed by atoms with Gasteiger partial charge in [0, 0.05) is 11.6 Å². The van der Waals surface area contributed by atoms with E-state index in [1.807, 2.05) is 6.92 Å².